The summed E-state index contributed by atoms with van der Waals surface area (Å²) in [7, 11) is 0. The maximum Gasteiger partial charge on any atom is 0.335 e. The predicted octanol–water partition coefficient (Wildman–Crippen LogP) is -2.65. The van der Waals surface area contributed by atoms with Gasteiger partial charge in [0, 0.05) is 12.2 Å². The van der Waals surface area contributed by atoms with Crippen LogP contribution in [0.1, 0.15) is 26.7 Å². The van der Waals surface area contributed by atoms with Gasteiger partial charge in [0.2, 0.25) is 5.91 Å². The fourth-order valence-electron chi connectivity index (χ4n) is 1.99. The average molecular weight is 451 g/mol. The van der Waals surface area contributed by atoms with E-state index >= 15 is 0 Å². The molecule has 170 valence electrons. The van der Waals surface area contributed by atoms with Gasteiger partial charge < -0.3 is 31.1 Å². The normalized spacial score (nSPS) is 14.6. The van der Waals surface area contributed by atoms with Crippen molar-refractivity contribution in [3.63, 3.8) is 0 Å². The third kappa shape index (κ3) is 9.19. The lowest BCUT2D eigenvalue weighted by molar-refractivity contribution is -0.169. The van der Waals surface area contributed by atoms with Gasteiger partial charge in [-0.05, 0) is 20.3 Å². The summed E-state index contributed by atoms with van der Waals surface area (Å²) in [6.45, 7) is 1.08. The predicted molar refractivity (Wildman–Crippen MR) is 102 cm³/mol. The van der Waals surface area contributed by atoms with E-state index in [1.807, 2.05) is 0 Å². The largest absolute Gasteiger partial charge is 0.480 e. The number of esters is 1. The molecule has 0 radical (unpaired) electrons. The zero-order valence-corrected chi connectivity index (χ0v) is 17.2. The lowest BCUT2D eigenvalue weighted by Gasteiger charge is -2.26. The molecule has 0 aromatic heterocycles. The number of nitrogens with two attached hydrogens (primary N) is 1. The van der Waals surface area contributed by atoms with E-state index in [4.69, 9.17) is 21.1 Å². The number of amides is 3. The second-order valence-corrected chi connectivity index (χ2v) is 6.56. The number of aliphatic carboxylic acids is 2. The van der Waals surface area contributed by atoms with Crippen LogP contribution in [0.5, 0.6) is 0 Å². The van der Waals surface area contributed by atoms with E-state index in [0.717, 1.165) is 13.8 Å². The Morgan fingerprint density at radius 2 is 1.67 bits per heavy atom. The molecule has 30 heavy (non-hydrogen) atoms. The number of thiol groups is 1. The van der Waals surface area contributed by atoms with Gasteiger partial charge in [-0.25, -0.2) is 4.79 Å². The van der Waals surface area contributed by atoms with E-state index in [0.29, 0.717) is 0 Å². The first-order valence-corrected chi connectivity index (χ1v) is 9.29. The zero-order chi connectivity index (χ0) is 23.6. The van der Waals surface area contributed by atoms with Gasteiger partial charge in [-0.15, -0.1) is 0 Å². The molecule has 0 aliphatic carbocycles. The van der Waals surface area contributed by atoms with Crippen LogP contribution in [0.2, 0.25) is 0 Å². The van der Waals surface area contributed by atoms with Gasteiger partial charge in [-0.3, -0.25) is 28.9 Å². The molecule has 0 aromatic rings. The lowest BCUT2D eigenvalue weighted by atomic mass is 10.1. The van der Waals surface area contributed by atoms with E-state index in [9.17, 15) is 28.8 Å². The van der Waals surface area contributed by atoms with Crippen molar-refractivity contribution in [1.82, 2.24) is 10.2 Å². The monoisotopic (exact) mass is 451 g/mol. The summed E-state index contributed by atoms with van der Waals surface area (Å²) in [5, 5.41) is 29.1. The second kappa shape index (κ2) is 12.8. The minimum atomic E-state index is -1.60. The SMILES string of the molecule is CC(O)C(=O)O[C@@H](C)C(=O)N(CC(=O)O)C(=O)C(CS)NC(=O)CCC(N)C(=O)O. The molecule has 3 unspecified atom stereocenters. The summed E-state index contributed by atoms with van der Waals surface area (Å²) in [5.74, 6) is -7.44. The number of nitrogens with one attached hydrogen (secondary N) is 1. The molecule has 0 rings (SSSR count). The molecular formula is C16H25N3O10S. The standard InChI is InChI=1S/C16H25N3O10S/c1-7(20)16(28)29-8(2)13(24)19(5-12(22)23)14(25)10(6-30)18-11(21)4-3-9(17)15(26)27/h7-10,20,30H,3-6,17H2,1-2H3,(H,18,21)(H,22,23)(H,26,27)/t7?,8-,9?,10?/m0/s1. The Kier molecular flexibility index (Phi) is 11.6. The molecule has 0 spiro atoms. The van der Waals surface area contributed by atoms with Crippen molar-refractivity contribution in [2.75, 3.05) is 12.3 Å². The molecule has 0 aliphatic heterocycles. The van der Waals surface area contributed by atoms with Crippen LogP contribution in [-0.2, 0) is 33.5 Å². The van der Waals surface area contributed by atoms with E-state index in [-0.39, 0.29) is 23.5 Å². The Morgan fingerprint density at radius 1 is 1.10 bits per heavy atom. The molecular weight excluding hydrogens is 426 g/mol. The molecule has 0 bridgehead atoms. The van der Waals surface area contributed by atoms with Crippen LogP contribution < -0.4 is 11.1 Å². The van der Waals surface area contributed by atoms with Crippen LogP contribution in [0.4, 0.5) is 0 Å². The summed E-state index contributed by atoms with van der Waals surface area (Å²) in [5.41, 5.74) is 5.29. The number of hydrogen-bond acceptors (Lipinski definition) is 10. The number of carboxylic acid groups (broad SMARTS) is 2. The van der Waals surface area contributed by atoms with Crippen molar-refractivity contribution >= 4 is 48.3 Å². The van der Waals surface area contributed by atoms with Gasteiger partial charge in [0.25, 0.3) is 11.8 Å². The number of nitrogens with zero attached hydrogens (tertiary/aromatic N) is 1. The smallest absolute Gasteiger partial charge is 0.335 e. The van der Waals surface area contributed by atoms with Crippen molar-refractivity contribution < 1.29 is 48.8 Å². The van der Waals surface area contributed by atoms with Crippen LogP contribution in [-0.4, -0.2) is 92.4 Å². The molecule has 13 nitrogen and oxygen atoms in total. The summed E-state index contributed by atoms with van der Waals surface area (Å²) in [6, 6.07) is -2.72. The van der Waals surface area contributed by atoms with E-state index in [2.05, 4.69) is 22.7 Å². The third-order valence-electron chi connectivity index (χ3n) is 3.62. The Hall–Kier alpha value is -2.71. The molecule has 4 atom stereocenters. The fraction of sp³-hybridized carbons (Fsp3) is 0.625. The Morgan fingerprint density at radius 3 is 2.10 bits per heavy atom. The first-order valence-electron chi connectivity index (χ1n) is 8.65. The Labute approximate surface area is 176 Å². The highest BCUT2D eigenvalue weighted by molar-refractivity contribution is 7.80. The number of carboxylic acids is 2. The van der Waals surface area contributed by atoms with Gasteiger partial charge in [0.05, 0.1) is 0 Å². The van der Waals surface area contributed by atoms with E-state index in [1.54, 1.807) is 0 Å². The number of rotatable bonds is 12. The maximum atomic E-state index is 12.6. The number of ether oxygens (including phenoxy) is 1. The molecule has 14 heteroatoms. The van der Waals surface area contributed by atoms with Crippen LogP contribution in [0, 0.1) is 0 Å². The third-order valence-corrected chi connectivity index (χ3v) is 3.99. The Bertz CT molecular complexity index is 684. The van der Waals surface area contributed by atoms with Crippen LogP contribution in [0.25, 0.3) is 0 Å². The van der Waals surface area contributed by atoms with Crippen LogP contribution in [0.3, 0.4) is 0 Å². The minimum absolute atomic E-state index is 0.223. The van der Waals surface area contributed by atoms with Crippen molar-refractivity contribution in [2.24, 2.45) is 5.73 Å². The molecule has 0 saturated heterocycles. The Balaban J connectivity index is 5.29. The number of aliphatic hydroxyl groups excluding tert-OH is 1. The number of carbonyl (C=O) groups excluding carboxylic acids is 4. The number of aliphatic hydroxyl groups is 1. The summed E-state index contributed by atoms with van der Waals surface area (Å²) in [6.07, 6.45) is -3.72. The summed E-state index contributed by atoms with van der Waals surface area (Å²) < 4.78 is 4.67. The molecule has 0 saturated carbocycles. The molecule has 6 N–H and O–H groups in total. The van der Waals surface area contributed by atoms with Gasteiger partial charge in [0.1, 0.15) is 24.7 Å². The van der Waals surface area contributed by atoms with Gasteiger partial charge in [-0.1, -0.05) is 0 Å². The number of carbonyl (C=O) groups is 6. The minimum Gasteiger partial charge on any atom is -0.480 e. The molecule has 0 aromatic carbocycles. The van der Waals surface area contributed by atoms with Gasteiger partial charge >= 0.3 is 17.9 Å². The van der Waals surface area contributed by atoms with Crippen molar-refractivity contribution in [1.29, 1.82) is 0 Å². The maximum absolute atomic E-state index is 12.6. The van der Waals surface area contributed by atoms with Crippen molar-refractivity contribution in [3.05, 3.63) is 0 Å². The van der Waals surface area contributed by atoms with Crippen LogP contribution >= 0.6 is 12.6 Å². The van der Waals surface area contributed by atoms with E-state index < -0.39 is 66.5 Å². The number of hydrogen-bond donors (Lipinski definition) is 6. The number of imide groups is 1. The van der Waals surface area contributed by atoms with Gasteiger partial charge in [0.15, 0.2) is 6.10 Å². The quantitative estimate of drug-likeness (QED) is 0.133. The summed E-state index contributed by atoms with van der Waals surface area (Å²) in [4.78, 5) is 70.5. The molecule has 0 aliphatic rings. The topological polar surface area (TPSA) is 214 Å². The van der Waals surface area contributed by atoms with Crippen molar-refractivity contribution in [2.45, 2.75) is 51.0 Å². The second-order valence-electron chi connectivity index (χ2n) is 6.20. The molecule has 3 amide bonds. The summed E-state index contributed by atoms with van der Waals surface area (Å²) >= 11 is 3.90. The fourth-order valence-corrected chi connectivity index (χ4v) is 2.24. The highest BCUT2D eigenvalue weighted by Crippen LogP contribution is 2.07. The first-order chi connectivity index (χ1) is 13.8. The lowest BCUT2D eigenvalue weighted by Crippen LogP contribution is -2.55. The van der Waals surface area contributed by atoms with Gasteiger partial charge in [-0.2, -0.15) is 12.6 Å². The van der Waals surface area contributed by atoms with Crippen LogP contribution in [0.15, 0.2) is 0 Å². The van der Waals surface area contributed by atoms with E-state index in [1.165, 1.54) is 0 Å². The molecule has 0 heterocycles. The first kappa shape index (κ1) is 27.3. The highest BCUT2D eigenvalue weighted by atomic mass is 32.1. The highest BCUT2D eigenvalue weighted by Gasteiger charge is 2.35. The zero-order valence-electron chi connectivity index (χ0n) is 16.3. The van der Waals surface area contributed by atoms with Crippen molar-refractivity contribution in [3.8, 4) is 0 Å². The molecule has 0 fully saturated rings. The average Bonchev–Trinajstić information content (AvgIpc) is 2.66.